The van der Waals surface area contributed by atoms with Gasteiger partial charge in [-0.05, 0) is 41.8 Å². The van der Waals surface area contributed by atoms with E-state index in [0.29, 0.717) is 33.6 Å². The van der Waals surface area contributed by atoms with Crippen molar-refractivity contribution in [3.8, 4) is 0 Å². The molecule has 0 unspecified atom stereocenters. The lowest BCUT2D eigenvalue weighted by Gasteiger charge is -2.08. The molecule has 0 radical (unpaired) electrons. The second-order valence-electron chi connectivity index (χ2n) is 4.78. The van der Waals surface area contributed by atoms with Gasteiger partial charge in [0, 0.05) is 11.6 Å². The van der Waals surface area contributed by atoms with Gasteiger partial charge in [0.15, 0.2) is 0 Å². The molecule has 1 N–H and O–H groups in total. The first-order valence-corrected chi connectivity index (χ1v) is 9.30. The van der Waals surface area contributed by atoms with E-state index in [1.165, 1.54) is 0 Å². The Labute approximate surface area is 145 Å². The van der Waals surface area contributed by atoms with Crippen LogP contribution >= 0.6 is 34.8 Å². The van der Waals surface area contributed by atoms with Gasteiger partial charge >= 0.3 is 0 Å². The first-order chi connectivity index (χ1) is 10.4. The van der Waals surface area contributed by atoms with Crippen LogP contribution in [0.15, 0.2) is 42.5 Å². The van der Waals surface area contributed by atoms with Crippen molar-refractivity contribution in [3.05, 3.63) is 68.7 Å². The molecule has 0 saturated carbocycles. The number of nitrogens with one attached hydrogen (secondary N) is 1. The molecule has 2 aromatic carbocycles. The van der Waals surface area contributed by atoms with Gasteiger partial charge in [0.25, 0.3) is 0 Å². The summed E-state index contributed by atoms with van der Waals surface area (Å²) in [6, 6.07) is 12.1. The van der Waals surface area contributed by atoms with E-state index in [1.807, 2.05) is 12.1 Å². The first kappa shape index (κ1) is 17.6. The highest BCUT2D eigenvalue weighted by Crippen LogP contribution is 2.23. The highest BCUT2D eigenvalue weighted by atomic mass is 35.5. The van der Waals surface area contributed by atoms with Crippen molar-refractivity contribution in [2.24, 2.45) is 0 Å². The molecular weight excluding hydrogens is 365 g/mol. The van der Waals surface area contributed by atoms with E-state index < -0.39 is 10.0 Å². The number of benzene rings is 2. The van der Waals surface area contributed by atoms with Gasteiger partial charge in [-0.3, -0.25) is 0 Å². The highest BCUT2D eigenvalue weighted by molar-refractivity contribution is 7.88. The Morgan fingerprint density at radius 1 is 0.864 bits per heavy atom. The fourth-order valence-corrected chi connectivity index (χ4v) is 3.48. The molecule has 22 heavy (non-hydrogen) atoms. The van der Waals surface area contributed by atoms with Crippen LogP contribution in [0.2, 0.25) is 15.1 Å². The van der Waals surface area contributed by atoms with Crippen LogP contribution in [0.1, 0.15) is 11.1 Å². The van der Waals surface area contributed by atoms with Crippen LogP contribution in [0.3, 0.4) is 0 Å². The third-order valence-corrected chi connectivity index (χ3v) is 5.34. The zero-order chi connectivity index (χ0) is 16.2. The maximum Gasteiger partial charge on any atom is 0.215 e. The van der Waals surface area contributed by atoms with Crippen molar-refractivity contribution in [1.82, 2.24) is 4.72 Å². The van der Waals surface area contributed by atoms with Crippen LogP contribution in [0.4, 0.5) is 0 Å². The van der Waals surface area contributed by atoms with E-state index in [0.717, 1.165) is 5.56 Å². The van der Waals surface area contributed by atoms with E-state index in [2.05, 4.69) is 4.72 Å². The van der Waals surface area contributed by atoms with Gasteiger partial charge in [0.05, 0.1) is 15.8 Å². The zero-order valence-corrected chi connectivity index (χ0v) is 14.6. The lowest BCUT2D eigenvalue weighted by Crippen LogP contribution is -2.27. The molecule has 118 valence electrons. The van der Waals surface area contributed by atoms with Crippen molar-refractivity contribution < 1.29 is 8.42 Å². The zero-order valence-electron chi connectivity index (χ0n) is 11.5. The molecule has 2 aromatic rings. The highest BCUT2D eigenvalue weighted by Gasteiger charge is 2.12. The lowest BCUT2D eigenvalue weighted by molar-refractivity contribution is 0.581. The lowest BCUT2D eigenvalue weighted by atomic mass is 10.2. The number of rotatable bonds is 6. The van der Waals surface area contributed by atoms with Crippen molar-refractivity contribution in [1.29, 1.82) is 0 Å². The van der Waals surface area contributed by atoms with E-state index in [4.69, 9.17) is 34.8 Å². The van der Waals surface area contributed by atoms with Crippen molar-refractivity contribution >= 4 is 44.8 Å². The maximum absolute atomic E-state index is 12.0. The molecular formula is C15H14Cl3NO2S. The topological polar surface area (TPSA) is 46.2 Å². The average molecular weight is 379 g/mol. The van der Waals surface area contributed by atoms with E-state index in [1.54, 1.807) is 30.3 Å². The quantitative estimate of drug-likeness (QED) is 0.814. The number of halogens is 3. The number of hydrogen-bond donors (Lipinski definition) is 1. The van der Waals surface area contributed by atoms with Crippen molar-refractivity contribution in [2.45, 2.75) is 12.2 Å². The second-order valence-corrected chi connectivity index (χ2v) is 7.84. The van der Waals surface area contributed by atoms with Crippen LogP contribution in [0, 0.1) is 0 Å². The molecule has 0 aliphatic heterocycles. The van der Waals surface area contributed by atoms with Gasteiger partial charge < -0.3 is 0 Å². The van der Waals surface area contributed by atoms with Crippen LogP contribution in [0.25, 0.3) is 0 Å². The van der Waals surface area contributed by atoms with Gasteiger partial charge in [0.1, 0.15) is 0 Å². The van der Waals surface area contributed by atoms with Gasteiger partial charge in [-0.2, -0.15) is 0 Å². The average Bonchev–Trinajstić information content (AvgIpc) is 2.45. The maximum atomic E-state index is 12.0. The molecule has 0 fully saturated rings. The Morgan fingerprint density at radius 3 is 2.14 bits per heavy atom. The first-order valence-electron chi connectivity index (χ1n) is 6.51. The van der Waals surface area contributed by atoms with Gasteiger partial charge in [0.2, 0.25) is 10.0 Å². The molecule has 0 atom stereocenters. The summed E-state index contributed by atoms with van der Waals surface area (Å²) < 4.78 is 26.6. The minimum Gasteiger partial charge on any atom is -0.215 e. The number of hydrogen-bond acceptors (Lipinski definition) is 2. The van der Waals surface area contributed by atoms with Gasteiger partial charge in [-0.1, -0.05) is 53.0 Å². The Hall–Kier alpha value is -0.780. The van der Waals surface area contributed by atoms with Crippen LogP contribution in [-0.4, -0.2) is 15.0 Å². The van der Waals surface area contributed by atoms with Gasteiger partial charge in [-0.15, -0.1) is 0 Å². The molecule has 0 aliphatic carbocycles. The summed E-state index contributed by atoms with van der Waals surface area (Å²) in [5.41, 5.74) is 1.61. The van der Waals surface area contributed by atoms with E-state index in [9.17, 15) is 8.42 Å². The number of sulfonamides is 1. The van der Waals surface area contributed by atoms with Crippen LogP contribution < -0.4 is 4.72 Å². The third kappa shape index (κ3) is 5.45. The Balaban J connectivity index is 1.90. The molecule has 0 aromatic heterocycles. The summed E-state index contributed by atoms with van der Waals surface area (Å²) in [7, 11) is -3.42. The fourth-order valence-electron chi connectivity index (χ4n) is 1.90. The van der Waals surface area contributed by atoms with Crippen molar-refractivity contribution in [2.75, 3.05) is 6.54 Å². The van der Waals surface area contributed by atoms with Gasteiger partial charge in [-0.25, -0.2) is 13.1 Å². The molecule has 7 heteroatoms. The second kappa shape index (κ2) is 7.66. The predicted molar refractivity (Wildman–Crippen MR) is 92.2 cm³/mol. The monoisotopic (exact) mass is 377 g/mol. The minimum absolute atomic E-state index is 0.134. The molecule has 0 aliphatic rings. The molecule has 2 rings (SSSR count). The Kier molecular flexibility index (Phi) is 6.12. The molecule has 3 nitrogen and oxygen atoms in total. The minimum atomic E-state index is -3.42. The summed E-state index contributed by atoms with van der Waals surface area (Å²) in [5.74, 6) is -0.134. The summed E-state index contributed by atoms with van der Waals surface area (Å²) in [5, 5.41) is 1.40. The van der Waals surface area contributed by atoms with E-state index >= 15 is 0 Å². The smallest absolute Gasteiger partial charge is 0.215 e. The summed E-state index contributed by atoms with van der Waals surface area (Å²) in [6.07, 6.45) is 0.595. The molecule has 0 heterocycles. The molecule has 0 spiro atoms. The third-order valence-electron chi connectivity index (χ3n) is 2.99. The predicted octanol–water partition coefficient (Wildman–Crippen LogP) is 4.31. The molecule has 0 saturated heterocycles. The molecule has 0 bridgehead atoms. The summed E-state index contributed by atoms with van der Waals surface area (Å²) in [4.78, 5) is 0. The normalized spacial score (nSPS) is 11.6. The summed E-state index contributed by atoms with van der Waals surface area (Å²) in [6.45, 7) is 0.325. The van der Waals surface area contributed by atoms with Crippen molar-refractivity contribution in [3.63, 3.8) is 0 Å². The van der Waals surface area contributed by atoms with Crippen LogP contribution in [0.5, 0.6) is 0 Å². The Morgan fingerprint density at radius 2 is 1.50 bits per heavy atom. The Bertz CT molecular complexity index is 746. The van der Waals surface area contributed by atoms with Crippen LogP contribution in [-0.2, 0) is 22.2 Å². The molecule has 0 amide bonds. The SMILES string of the molecule is O=S(=O)(Cc1ccc(Cl)c(Cl)c1)NCCc1ccc(Cl)cc1. The van der Waals surface area contributed by atoms with E-state index in [-0.39, 0.29) is 5.75 Å². The summed E-state index contributed by atoms with van der Waals surface area (Å²) >= 11 is 17.5. The standard InChI is InChI=1S/C15H14Cl3NO2S/c16-13-4-1-11(2-5-13)7-8-19-22(20,21)10-12-3-6-14(17)15(18)9-12/h1-6,9,19H,7-8,10H2. The largest absolute Gasteiger partial charge is 0.215 e. The fraction of sp³-hybridized carbons (Fsp3) is 0.200.